The third kappa shape index (κ3) is 68.0. The number of ether oxygens (including phenoxy) is 3. The molecule has 83 heavy (non-hydrogen) atoms. The molecule has 0 saturated heterocycles. The van der Waals surface area contributed by atoms with Gasteiger partial charge in [0.05, 0.1) is 0 Å². The minimum Gasteiger partial charge on any atom is -0.462 e. The molecule has 0 amide bonds. The Hall–Kier alpha value is -4.71. The van der Waals surface area contributed by atoms with E-state index in [1.165, 1.54) is 109 Å². The number of allylic oxidation sites excluding steroid dienone is 24. The van der Waals surface area contributed by atoms with E-state index in [1.807, 2.05) is 0 Å². The fraction of sp³-hybridized carbons (Fsp3) is 0.649. The molecule has 0 aromatic carbocycles. The number of unbranched alkanes of at least 4 members (excludes halogenated alkanes) is 26. The lowest BCUT2D eigenvalue weighted by atomic mass is 10.1. The number of carbonyl (C=O) groups excluding carboxylic acids is 3. The lowest BCUT2D eigenvalue weighted by Crippen LogP contribution is -2.30. The molecule has 6 heteroatoms. The van der Waals surface area contributed by atoms with E-state index >= 15 is 0 Å². The number of rotatable bonds is 61. The number of carbonyl (C=O) groups is 3. The second kappa shape index (κ2) is 69.8. The first-order valence-electron chi connectivity index (χ1n) is 34.3. The smallest absolute Gasteiger partial charge is 0.306 e. The summed E-state index contributed by atoms with van der Waals surface area (Å²) in [5.74, 6) is -0.935. The normalized spacial score (nSPS) is 13.0. The van der Waals surface area contributed by atoms with Crippen LogP contribution in [0.15, 0.2) is 146 Å². The Balaban J connectivity index is 4.35. The molecule has 470 valence electrons. The van der Waals surface area contributed by atoms with Crippen LogP contribution in [0.5, 0.6) is 0 Å². The van der Waals surface area contributed by atoms with Crippen LogP contribution in [0, 0.1) is 0 Å². The highest BCUT2D eigenvalue weighted by atomic mass is 16.6. The van der Waals surface area contributed by atoms with Gasteiger partial charge in [0.1, 0.15) is 13.2 Å². The van der Waals surface area contributed by atoms with Crippen LogP contribution in [-0.4, -0.2) is 37.2 Å². The molecule has 0 N–H and O–H groups in total. The van der Waals surface area contributed by atoms with E-state index in [0.717, 1.165) is 154 Å². The van der Waals surface area contributed by atoms with Crippen LogP contribution in [0.1, 0.15) is 303 Å². The Labute approximate surface area is 512 Å². The van der Waals surface area contributed by atoms with Crippen molar-refractivity contribution < 1.29 is 28.6 Å². The summed E-state index contributed by atoms with van der Waals surface area (Å²) >= 11 is 0. The Morgan fingerprint density at radius 3 is 0.747 bits per heavy atom. The van der Waals surface area contributed by atoms with Crippen LogP contribution >= 0.6 is 0 Å². The van der Waals surface area contributed by atoms with E-state index in [-0.39, 0.29) is 31.1 Å². The summed E-state index contributed by atoms with van der Waals surface area (Å²) < 4.78 is 16.9. The lowest BCUT2D eigenvalue weighted by molar-refractivity contribution is -0.167. The highest BCUT2D eigenvalue weighted by Crippen LogP contribution is 2.15. The van der Waals surface area contributed by atoms with Gasteiger partial charge in [0.2, 0.25) is 0 Å². The second-order valence-electron chi connectivity index (χ2n) is 22.3. The fourth-order valence-corrected chi connectivity index (χ4v) is 9.17. The third-order valence-electron chi connectivity index (χ3n) is 14.3. The van der Waals surface area contributed by atoms with E-state index in [0.29, 0.717) is 19.3 Å². The molecular weight excluding hydrogens is 1020 g/mol. The molecular formula is C77H126O6. The fourth-order valence-electron chi connectivity index (χ4n) is 9.17. The maximum absolute atomic E-state index is 12.9. The molecule has 0 rings (SSSR count). The average molecular weight is 1150 g/mol. The molecule has 0 spiro atoms. The van der Waals surface area contributed by atoms with Gasteiger partial charge < -0.3 is 14.2 Å². The van der Waals surface area contributed by atoms with Crippen LogP contribution < -0.4 is 0 Å². The van der Waals surface area contributed by atoms with E-state index in [4.69, 9.17) is 14.2 Å². The van der Waals surface area contributed by atoms with Crippen LogP contribution in [0.25, 0.3) is 0 Å². The minimum absolute atomic E-state index is 0.0964. The number of esters is 3. The number of hydrogen-bond donors (Lipinski definition) is 0. The van der Waals surface area contributed by atoms with Crippen molar-refractivity contribution in [3.8, 4) is 0 Å². The molecule has 6 nitrogen and oxygen atoms in total. The lowest BCUT2D eigenvalue weighted by Gasteiger charge is -2.18. The van der Waals surface area contributed by atoms with E-state index in [1.54, 1.807) is 0 Å². The maximum Gasteiger partial charge on any atom is 0.306 e. The van der Waals surface area contributed by atoms with Gasteiger partial charge in [-0.05, 0) is 148 Å². The topological polar surface area (TPSA) is 78.9 Å². The van der Waals surface area contributed by atoms with Crippen LogP contribution in [0.4, 0.5) is 0 Å². The zero-order chi connectivity index (χ0) is 59.9. The van der Waals surface area contributed by atoms with Crippen LogP contribution in [-0.2, 0) is 28.6 Å². The van der Waals surface area contributed by atoms with Crippen molar-refractivity contribution in [1.82, 2.24) is 0 Å². The van der Waals surface area contributed by atoms with E-state index in [2.05, 4.69) is 167 Å². The Bertz CT molecular complexity index is 1800. The van der Waals surface area contributed by atoms with Crippen molar-refractivity contribution in [2.45, 2.75) is 309 Å². The molecule has 0 aromatic heterocycles. The monoisotopic (exact) mass is 1150 g/mol. The maximum atomic E-state index is 12.9. The Morgan fingerprint density at radius 1 is 0.253 bits per heavy atom. The van der Waals surface area contributed by atoms with Crippen molar-refractivity contribution in [1.29, 1.82) is 0 Å². The molecule has 0 saturated carbocycles. The number of hydrogen-bond acceptors (Lipinski definition) is 6. The van der Waals surface area contributed by atoms with Gasteiger partial charge in [0, 0.05) is 19.3 Å². The summed E-state index contributed by atoms with van der Waals surface area (Å²) in [5.41, 5.74) is 0. The van der Waals surface area contributed by atoms with E-state index in [9.17, 15) is 14.4 Å². The summed E-state index contributed by atoms with van der Waals surface area (Å²) in [6.45, 7) is 6.49. The van der Waals surface area contributed by atoms with Crippen molar-refractivity contribution in [3.63, 3.8) is 0 Å². The molecule has 0 aliphatic rings. The molecule has 0 bridgehead atoms. The molecule has 0 aliphatic heterocycles. The van der Waals surface area contributed by atoms with Gasteiger partial charge in [-0.1, -0.05) is 282 Å². The molecule has 0 aromatic rings. The Kier molecular flexibility index (Phi) is 65.8. The molecule has 0 aliphatic carbocycles. The van der Waals surface area contributed by atoms with Gasteiger partial charge >= 0.3 is 17.9 Å². The van der Waals surface area contributed by atoms with Gasteiger partial charge in [0.15, 0.2) is 6.10 Å². The summed E-state index contributed by atoms with van der Waals surface area (Å²) in [6, 6.07) is 0. The van der Waals surface area contributed by atoms with Crippen molar-refractivity contribution in [2.75, 3.05) is 13.2 Å². The largest absolute Gasteiger partial charge is 0.462 e. The second-order valence-corrected chi connectivity index (χ2v) is 22.3. The van der Waals surface area contributed by atoms with Gasteiger partial charge in [-0.2, -0.15) is 0 Å². The summed E-state index contributed by atoms with van der Waals surface area (Å²) in [6.07, 6.45) is 100. The zero-order valence-corrected chi connectivity index (χ0v) is 53.9. The van der Waals surface area contributed by atoms with Gasteiger partial charge in [-0.15, -0.1) is 0 Å². The zero-order valence-electron chi connectivity index (χ0n) is 53.9. The highest BCUT2D eigenvalue weighted by molar-refractivity contribution is 5.71. The summed E-state index contributed by atoms with van der Waals surface area (Å²) in [7, 11) is 0. The Morgan fingerprint density at radius 2 is 0.470 bits per heavy atom. The molecule has 0 heterocycles. The third-order valence-corrected chi connectivity index (χ3v) is 14.3. The van der Waals surface area contributed by atoms with Crippen molar-refractivity contribution >= 4 is 17.9 Å². The van der Waals surface area contributed by atoms with Gasteiger partial charge in [-0.3, -0.25) is 14.4 Å². The predicted octanol–water partition coefficient (Wildman–Crippen LogP) is 23.9. The highest BCUT2D eigenvalue weighted by Gasteiger charge is 2.19. The van der Waals surface area contributed by atoms with E-state index < -0.39 is 6.10 Å². The summed E-state index contributed by atoms with van der Waals surface area (Å²) in [5, 5.41) is 0. The predicted molar refractivity (Wildman–Crippen MR) is 362 cm³/mol. The van der Waals surface area contributed by atoms with Crippen LogP contribution in [0.2, 0.25) is 0 Å². The average Bonchev–Trinajstić information content (AvgIpc) is 3.49. The van der Waals surface area contributed by atoms with Crippen LogP contribution in [0.3, 0.4) is 0 Å². The standard InChI is InChI=1S/C77H126O6/c1-4-7-10-13-16-19-22-25-28-29-30-31-32-33-34-35-36-37-38-39-40-41-42-43-44-45-46-47-50-52-55-58-61-64-67-70-76(79)82-73-74(83-77(80)71-68-65-62-59-56-53-49-27-24-21-18-15-12-9-6-3)72-81-75(78)69-66-63-60-57-54-51-48-26-23-20-17-14-11-8-5-2/h7,10,16,19,25-28,30-31,33-34,36-37,39-40,42-43,45-46,48-50,52,74H,4-6,8-9,11-15,17-18,20-24,29,32,35,38,41,44,47,51,53-73H2,1-3H3/b10-7-,19-16-,28-25-,31-30-,34-33-,37-36-,40-39-,43-42-,46-45-,48-26-,49-27-,52-50-. The molecule has 0 fully saturated rings. The summed E-state index contributed by atoms with van der Waals surface area (Å²) in [4.78, 5) is 38.3. The molecule has 0 radical (unpaired) electrons. The van der Waals surface area contributed by atoms with Crippen molar-refractivity contribution in [2.24, 2.45) is 0 Å². The first kappa shape index (κ1) is 78.3. The van der Waals surface area contributed by atoms with Gasteiger partial charge in [0.25, 0.3) is 0 Å². The first-order chi connectivity index (χ1) is 41.0. The quantitative estimate of drug-likeness (QED) is 0.0261. The van der Waals surface area contributed by atoms with Crippen molar-refractivity contribution in [3.05, 3.63) is 146 Å². The van der Waals surface area contributed by atoms with Gasteiger partial charge in [-0.25, -0.2) is 0 Å². The SMILES string of the molecule is CC/C=C\C/C=C\C/C=C\C/C=C\C/C=C\C/C=C\C/C=C\C/C=C\C/C=C\C/C=C\CCCCCCC(=O)OCC(COC(=O)CCCCCCC/C=C\CCCCCCCC)OC(=O)CCCCCCC/C=C\CCCCCCCC. The molecule has 1 unspecified atom stereocenters. The first-order valence-corrected chi connectivity index (χ1v) is 34.3. The minimum atomic E-state index is -0.802. The molecule has 1 atom stereocenters.